The Labute approximate surface area is 384 Å². The fourth-order valence-corrected chi connectivity index (χ4v) is 10.5. The lowest BCUT2D eigenvalue weighted by molar-refractivity contribution is 0.477. The van der Waals surface area contributed by atoms with Crippen LogP contribution < -0.4 is 5.32 Å². The van der Waals surface area contributed by atoms with Crippen LogP contribution in [0.5, 0.6) is 0 Å². The Balaban J connectivity index is 1.40. The second kappa shape index (κ2) is 17.5. The van der Waals surface area contributed by atoms with E-state index in [-0.39, 0.29) is 34.6 Å². The minimum atomic E-state index is -5.45. The van der Waals surface area contributed by atoms with Crippen LogP contribution >= 0.6 is 0 Å². The summed E-state index contributed by atoms with van der Waals surface area (Å²) < 4.78 is 205. The third kappa shape index (κ3) is 10.8. The number of benzene rings is 6. The first-order valence-electron chi connectivity index (χ1n) is 17.9. The van der Waals surface area contributed by atoms with Crippen molar-refractivity contribution >= 4 is 123 Å². The minimum absolute atomic E-state index is 0.0266. The number of amidine groups is 1. The number of nitrogens with one attached hydrogen (secondary N) is 1. The molecule has 6 rings (SSSR count). The number of aliphatic hydroxyl groups is 3. The van der Waals surface area contributed by atoms with Gasteiger partial charge in [-0.1, -0.05) is 12.1 Å². The summed E-state index contributed by atoms with van der Waals surface area (Å²) in [5.41, 5.74) is -0.891. The van der Waals surface area contributed by atoms with Gasteiger partial charge in [-0.15, -0.1) is 0 Å². The number of hydrogen-bond acceptors (Lipinski definition) is 15. The van der Waals surface area contributed by atoms with Crippen LogP contribution in [0.2, 0.25) is 0 Å². The molecule has 6 aromatic carbocycles. The van der Waals surface area contributed by atoms with Crippen LogP contribution in [0.25, 0.3) is 21.5 Å². The molecule has 0 spiro atoms. The average Bonchev–Trinajstić information content (AvgIpc) is 3.19. The van der Waals surface area contributed by atoms with Crippen molar-refractivity contribution in [2.45, 2.75) is 43.2 Å². The van der Waals surface area contributed by atoms with Crippen molar-refractivity contribution < 1.29 is 93.1 Å². The highest BCUT2D eigenvalue weighted by molar-refractivity contribution is 7.88. The van der Waals surface area contributed by atoms with Gasteiger partial charge in [0.1, 0.15) is 19.6 Å². The zero-order valence-corrected chi connectivity index (χ0v) is 38.7. The van der Waals surface area contributed by atoms with E-state index in [1.165, 1.54) is 44.2 Å². The van der Waals surface area contributed by atoms with Gasteiger partial charge in [-0.25, -0.2) is 9.98 Å². The van der Waals surface area contributed by atoms with Gasteiger partial charge in [0, 0.05) is 38.4 Å². The van der Waals surface area contributed by atoms with Gasteiger partial charge in [-0.05, 0) is 97.8 Å². The molecule has 0 unspecified atom stereocenters. The summed E-state index contributed by atoms with van der Waals surface area (Å²) in [6, 6.07) is 11.3. The van der Waals surface area contributed by atoms with Gasteiger partial charge in [-0.3, -0.25) is 27.3 Å². The zero-order chi connectivity index (χ0) is 50.9. The number of rotatable bonds is 12. The third-order valence-corrected chi connectivity index (χ3v) is 14.8. The van der Waals surface area contributed by atoms with Crippen LogP contribution in [0.3, 0.4) is 0 Å². The Hall–Kier alpha value is -6.49. The van der Waals surface area contributed by atoms with E-state index in [0.717, 1.165) is 18.2 Å². The second-order valence-corrected chi connectivity index (χ2v) is 22.6. The Kier molecular flexibility index (Phi) is 13.1. The summed E-state index contributed by atoms with van der Waals surface area (Å²) in [7, 11) is -31.9. The highest BCUT2D eigenvalue weighted by Gasteiger charge is 2.29. The molecular formula is C37H30N4O21S6. The summed E-state index contributed by atoms with van der Waals surface area (Å²) in [4.78, 5) is 4.80. The third-order valence-electron chi connectivity index (χ3n) is 9.58. The molecule has 0 bridgehead atoms. The molecule has 0 fully saturated rings. The van der Waals surface area contributed by atoms with Crippen molar-refractivity contribution in [2.75, 3.05) is 5.32 Å². The van der Waals surface area contributed by atoms with E-state index in [1.807, 2.05) is 0 Å². The van der Waals surface area contributed by atoms with Gasteiger partial charge < -0.3 is 20.6 Å². The maximum absolute atomic E-state index is 12.4. The van der Waals surface area contributed by atoms with Gasteiger partial charge in [0.05, 0.1) is 26.9 Å². The number of anilines is 1. The van der Waals surface area contributed by atoms with E-state index >= 15 is 0 Å². The smallest absolute Gasteiger partial charge is 0.295 e. The average molecular weight is 1060 g/mol. The van der Waals surface area contributed by atoms with E-state index in [2.05, 4.69) is 20.3 Å². The number of fused-ring (bicyclic) bond motifs is 2. The van der Waals surface area contributed by atoms with Crippen LogP contribution in [0.15, 0.2) is 129 Å². The lowest BCUT2D eigenvalue weighted by atomic mass is 10.1. The first-order valence-corrected chi connectivity index (χ1v) is 26.6. The quantitative estimate of drug-likeness (QED) is 0.0437. The summed E-state index contributed by atoms with van der Waals surface area (Å²) in [6.07, 6.45) is 0. The molecule has 0 saturated heterocycles. The van der Waals surface area contributed by atoms with Crippen LogP contribution in [0.4, 0.5) is 22.7 Å². The topological polar surface area (TPSA) is 436 Å². The molecule has 0 aliphatic rings. The molecular weight excluding hydrogens is 1030 g/mol. The fourth-order valence-electron chi connectivity index (χ4n) is 6.48. The van der Waals surface area contributed by atoms with Crippen molar-refractivity contribution in [1.29, 1.82) is 0 Å². The molecule has 0 atom stereocenters. The Bertz CT molecular complexity index is 3990. The van der Waals surface area contributed by atoms with E-state index in [9.17, 15) is 93.1 Å². The summed E-state index contributed by atoms with van der Waals surface area (Å²) in [6.45, 7) is 3.05. The molecule has 6 aromatic rings. The molecule has 0 saturated carbocycles. The van der Waals surface area contributed by atoms with Crippen LogP contribution in [-0.4, -0.2) is 111 Å². The minimum Gasteiger partial charge on any atom is -0.493 e. The number of aliphatic hydroxyl groups excluding tert-OH is 3. The van der Waals surface area contributed by atoms with Crippen molar-refractivity contribution in [3.8, 4) is 0 Å². The van der Waals surface area contributed by atoms with Gasteiger partial charge in [0.25, 0.3) is 66.7 Å². The summed E-state index contributed by atoms with van der Waals surface area (Å²) in [5.74, 6) is -1.86. The molecule has 0 radical (unpaired) electrons. The summed E-state index contributed by atoms with van der Waals surface area (Å²) >= 11 is 0. The van der Waals surface area contributed by atoms with Gasteiger partial charge >= 0.3 is 0 Å². The standard InChI is InChI=1S/C37H30N4O21S6/c1-17-3-5-19(35(42)38-25-7-9-29(65(51,52)53)23-13-21(63(45,46)47)15-31(33(23)25)67(57,58)59)11-27(17)40-37(44)41-28-12-20(6-4-18(28)2)36(43)39-26-8-10-30(66(54,55)56)24-14-22(64(48,49)50)16-32(34(24)26)68(60,61)62/h3-16H,1-2H3,(H,38,42)(H,39,43)(H2,40,41,44)(H,45,46,47)(H,48,49,50)(H,51,52,53)(H,54,55,56)(H,57,58,59)(H,60,61,62). The Morgan fingerprint density at radius 1 is 0.412 bits per heavy atom. The van der Waals surface area contributed by atoms with E-state index < -0.39 is 141 Å². The SMILES string of the molecule is Cc1ccc(C(O)=Nc2ccc(S(=O)(=O)O)c3cc(S(=O)(=O)O)cc(S(=O)(=O)O)c23)cc1N=C(O)Nc1cc(C(O)=Nc2ccc(S(=O)(=O)O)c3cc(S(=O)(=O)O)cc(S(=O)(=O)O)c23)ccc1C. The molecule has 0 aromatic heterocycles. The molecule has 31 heteroatoms. The van der Waals surface area contributed by atoms with E-state index in [1.54, 1.807) is 0 Å². The zero-order valence-electron chi connectivity index (χ0n) is 33.8. The molecule has 25 nitrogen and oxygen atoms in total. The predicted molar refractivity (Wildman–Crippen MR) is 240 cm³/mol. The molecule has 0 aliphatic heterocycles. The normalized spacial score (nSPS) is 13.9. The number of hydrogen-bond donors (Lipinski definition) is 10. The fraction of sp³-hybridized carbons (Fsp3) is 0.0541. The van der Waals surface area contributed by atoms with E-state index in [4.69, 9.17) is 0 Å². The highest BCUT2D eigenvalue weighted by Crippen LogP contribution is 2.40. The van der Waals surface area contributed by atoms with Crippen LogP contribution in [0, 0.1) is 13.8 Å². The number of aliphatic imine (C=N–C) groups is 3. The lowest BCUT2D eigenvalue weighted by Gasteiger charge is -2.13. The van der Waals surface area contributed by atoms with Crippen molar-refractivity contribution in [1.82, 2.24) is 0 Å². The van der Waals surface area contributed by atoms with Gasteiger partial charge in [0.15, 0.2) is 0 Å². The predicted octanol–water partition coefficient (Wildman–Crippen LogP) is 5.02. The van der Waals surface area contributed by atoms with Crippen molar-refractivity contribution in [3.63, 3.8) is 0 Å². The monoisotopic (exact) mass is 1060 g/mol. The highest BCUT2D eigenvalue weighted by atomic mass is 32.2. The maximum Gasteiger partial charge on any atom is 0.295 e. The van der Waals surface area contributed by atoms with Crippen molar-refractivity contribution in [3.05, 3.63) is 107 Å². The second-order valence-electron chi connectivity index (χ2n) is 14.2. The first-order chi connectivity index (χ1) is 31.0. The molecule has 68 heavy (non-hydrogen) atoms. The molecule has 10 N–H and O–H groups in total. The van der Waals surface area contributed by atoms with Gasteiger partial charge in [-0.2, -0.15) is 55.5 Å². The van der Waals surface area contributed by atoms with Gasteiger partial charge in [0.2, 0.25) is 11.8 Å². The largest absolute Gasteiger partial charge is 0.493 e. The Morgan fingerprint density at radius 2 is 0.794 bits per heavy atom. The number of nitrogens with zero attached hydrogens (tertiary/aromatic N) is 3. The Morgan fingerprint density at radius 3 is 1.18 bits per heavy atom. The first kappa shape index (κ1) is 50.9. The van der Waals surface area contributed by atoms with Crippen LogP contribution in [-0.2, 0) is 60.7 Å². The lowest BCUT2D eigenvalue weighted by Crippen LogP contribution is -2.12. The maximum atomic E-state index is 12.4. The molecule has 0 heterocycles. The molecule has 0 amide bonds. The summed E-state index contributed by atoms with van der Waals surface area (Å²) in [5, 5.41) is 32.4. The molecule has 360 valence electrons. The molecule has 0 aliphatic carbocycles. The number of aryl methyl sites for hydroxylation is 2. The van der Waals surface area contributed by atoms with Crippen LogP contribution in [0.1, 0.15) is 22.3 Å². The van der Waals surface area contributed by atoms with Crippen molar-refractivity contribution in [2.24, 2.45) is 15.0 Å². The van der Waals surface area contributed by atoms with E-state index in [0.29, 0.717) is 35.4 Å².